The molecule has 3 nitrogen and oxygen atoms in total. The molecular formula is C13H22N2OS. The van der Waals surface area contributed by atoms with Crippen molar-refractivity contribution in [1.82, 2.24) is 5.32 Å². The average Bonchev–Trinajstić information content (AvgIpc) is 2.78. The largest absolute Gasteiger partial charge is 0.353 e. The quantitative estimate of drug-likeness (QED) is 0.783. The first-order valence-electron chi connectivity index (χ1n) is 6.20. The second-order valence-corrected chi connectivity index (χ2v) is 5.45. The second kappa shape index (κ2) is 7.45. The molecule has 2 unspecified atom stereocenters. The first-order valence-corrected chi connectivity index (χ1v) is 7.08. The van der Waals surface area contributed by atoms with Crippen LogP contribution in [-0.4, -0.2) is 18.5 Å². The van der Waals surface area contributed by atoms with Crippen LogP contribution in [0.1, 0.15) is 31.6 Å². The number of thiophene rings is 1. The zero-order valence-electron chi connectivity index (χ0n) is 10.6. The highest BCUT2D eigenvalue weighted by atomic mass is 32.1. The fourth-order valence-electron chi connectivity index (χ4n) is 1.85. The van der Waals surface area contributed by atoms with E-state index in [0.29, 0.717) is 6.54 Å². The predicted molar refractivity (Wildman–Crippen MR) is 73.1 cm³/mol. The van der Waals surface area contributed by atoms with Gasteiger partial charge in [0, 0.05) is 23.9 Å². The summed E-state index contributed by atoms with van der Waals surface area (Å²) in [6.45, 7) is 4.55. The molecule has 1 aromatic heterocycles. The standard InChI is InChI=1S/C13H22N2OS/c1-3-5-11(9-14)13(16)15-10(2)8-12-6-4-7-17-12/h4,6-7,10-11H,3,5,8-9,14H2,1-2H3,(H,15,16). The van der Waals surface area contributed by atoms with Gasteiger partial charge in [0.25, 0.3) is 0 Å². The number of nitrogens with one attached hydrogen (secondary N) is 1. The van der Waals surface area contributed by atoms with Crippen LogP contribution in [0.4, 0.5) is 0 Å². The van der Waals surface area contributed by atoms with Crippen LogP contribution in [0.15, 0.2) is 17.5 Å². The number of carbonyl (C=O) groups is 1. The molecule has 1 amide bonds. The molecule has 0 radical (unpaired) electrons. The summed E-state index contributed by atoms with van der Waals surface area (Å²) in [5.41, 5.74) is 5.61. The Kier molecular flexibility index (Phi) is 6.22. The molecule has 0 aliphatic rings. The maximum Gasteiger partial charge on any atom is 0.224 e. The molecule has 0 aliphatic heterocycles. The molecule has 96 valence electrons. The van der Waals surface area contributed by atoms with Gasteiger partial charge in [-0.3, -0.25) is 4.79 Å². The minimum absolute atomic E-state index is 0.0363. The summed E-state index contributed by atoms with van der Waals surface area (Å²) in [5.74, 6) is 0.0594. The van der Waals surface area contributed by atoms with Crippen LogP contribution in [0, 0.1) is 5.92 Å². The minimum Gasteiger partial charge on any atom is -0.353 e. The van der Waals surface area contributed by atoms with E-state index >= 15 is 0 Å². The lowest BCUT2D eigenvalue weighted by atomic mass is 10.0. The molecule has 0 aromatic carbocycles. The van der Waals surface area contributed by atoms with Crippen LogP contribution in [0.2, 0.25) is 0 Å². The maximum atomic E-state index is 11.9. The van der Waals surface area contributed by atoms with Crippen molar-refractivity contribution in [3.8, 4) is 0 Å². The molecule has 0 saturated heterocycles. The van der Waals surface area contributed by atoms with Gasteiger partial charge >= 0.3 is 0 Å². The third-order valence-electron chi connectivity index (χ3n) is 2.77. The zero-order valence-corrected chi connectivity index (χ0v) is 11.4. The van der Waals surface area contributed by atoms with Crippen LogP contribution < -0.4 is 11.1 Å². The third-order valence-corrected chi connectivity index (χ3v) is 3.67. The molecule has 1 heterocycles. The fourth-order valence-corrected chi connectivity index (χ4v) is 2.68. The van der Waals surface area contributed by atoms with E-state index in [9.17, 15) is 4.79 Å². The predicted octanol–water partition coefficient (Wildman–Crippen LogP) is 2.17. The van der Waals surface area contributed by atoms with Gasteiger partial charge in [-0.15, -0.1) is 11.3 Å². The van der Waals surface area contributed by atoms with Crippen molar-refractivity contribution in [3.05, 3.63) is 22.4 Å². The number of nitrogens with two attached hydrogens (primary N) is 1. The number of amides is 1. The van der Waals surface area contributed by atoms with Crippen LogP contribution in [0.3, 0.4) is 0 Å². The van der Waals surface area contributed by atoms with Gasteiger partial charge in [-0.25, -0.2) is 0 Å². The van der Waals surface area contributed by atoms with E-state index in [-0.39, 0.29) is 17.9 Å². The number of rotatable bonds is 7. The molecule has 1 aromatic rings. The highest BCUT2D eigenvalue weighted by molar-refractivity contribution is 7.09. The number of hydrogen-bond donors (Lipinski definition) is 2. The van der Waals surface area contributed by atoms with Crippen LogP contribution in [0.25, 0.3) is 0 Å². The van der Waals surface area contributed by atoms with Gasteiger partial charge < -0.3 is 11.1 Å². The molecular weight excluding hydrogens is 232 g/mol. The molecule has 2 atom stereocenters. The molecule has 3 N–H and O–H groups in total. The van der Waals surface area contributed by atoms with Crippen molar-refractivity contribution in [3.63, 3.8) is 0 Å². The van der Waals surface area contributed by atoms with Crippen molar-refractivity contribution in [1.29, 1.82) is 0 Å². The van der Waals surface area contributed by atoms with Gasteiger partial charge in [-0.05, 0) is 24.8 Å². The molecule has 0 spiro atoms. The summed E-state index contributed by atoms with van der Waals surface area (Å²) in [5, 5.41) is 5.10. The minimum atomic E-state index is -0.0363. The summed E-state index contributed by atoms with van der Waals surface area (Å²) in [6, 6.07) is 4.31. The Hall–Kier alpha value is -0.870. The number of hydrogen-bond acceptors (Lipinski definition) is 3. The molecule has 1 rings (SSSR count). The lowest BCUT2D eigenvalue weighted by Gasteiger charge is -2.18. The van der Waals surface area contributed by atoms with Crippen molar-refractivity contribution in [2.45, 2.75) is 39.2 Å². The lowest BCUT2D eigenvalue weighted by Crippen LogP contribution is -2.40. The zero-order chi connectivity index (χ0) is 12.7. The number of carbonyl (C=O) groups excluding carboxylic acids is 1. The van der Waals surface area contributed by atoms with E-state index in [2.05, 4.69) is 23.7 Å². The fraction of sp³-hybridized carbons (Fsp3) is 0.615. The van der Waals surface area contributed by atoms with Crippen molar-refractivity contribution in [2.75, 3.05) is 6.54 Å². The van der Waals surface area contributed by atoms with E-state index in [1.54, 1.807) is 11.3 Å². The molecule has 0 aliphatic carbocycles. The third kappa shape index (κ3) is 4.88. The van der Waals surface area contributed by atoms with Gasteiger partial charge in [0.1, 0.15) is 0 Å². The van der Waals surface area contributed by atoms with Gasteiger partial charge in [-0.1, -0.05) is 19.4 Å². The average molecular weight is 254 g/mol. The molecule has 17 heavy (non-hydrogen) atoms. The lowest BCUT2D eigenvalue weighted by molar-refractivity contribution is -0.125. The van der Waals surface area contributed by atoms with Gasteiger partial charge in [0.05, 0.1) is 5.92 Å². The smallest absolute Gasteiger partial charge is 0.224 e. The Morgan fingerprint density at radius 1 is 1.59 bits per heavy atom. The Morgan fingerprint density at radius 2 is 2.35 bits per heavy atom. The van der Waals surface area contributed by atoms with Gasteiger partial charge in [0.2, 0.25) is 5.91 Å². The summed E-state index contributed by atoms with van der Waals surface area (Å²) in [6.07, 6.45) is 2.76. The normalized spacial score (nSPS) is 14.3. The van der Waals surface area contributed by atoms with Crippen LogP contribution in [-0.2, 0) is 11.2 Å². The Labute approximate surface area is 107 Å². The van der Waals surface area contributed by atoms with Crippen molar-refractivity contribution >= 4 is 17.2 Å². The summed E-state index contributed by atoms with van der Waals surface area (Å²) in [7, 11) is 0. The van der Waals surface area contributed by atoms with E-state index in [0.717, 1.165) is 19.3 Å². The topological polar surface area (TPSA) is 55.1 Å². The highest BCUT2D eigenvalue weighted by Gasteiger charge is 2.17. The van der Waals surface area contributed by atoms with Gasteiger partial charge in [-0.2, -0.15) is 0 Å². The Bertz CT molecular complexity index is 324. The molecule has 4 heteroatoms. The van der Waals surface area contributed by atoms with Crippen molar-refractivity contribution < 1.29 is 4.79 Å². The van der Waals surface area contributed by atoms with Crippen LogP contribution in [0.5, 0.6) is 0 Å². The Morgan fingerprint density at radius 3 is 2.88 bits per heavy atom. The summed E-state index contributed by atoms with van der Waals surface area (Å²) in [4.78, 5) is 13.2. The van der Waals surface area contributed by atoms with E-state index < -0.39 is 0 Å². The van der Waals surface area contributed by atoms with Crippen LogP contribution >= 0.6 is 11.3 Å². The maximum absolute atomic E-state index is 11.9. The van der Waals surface area contributed by atoms with Crippen molar-refractivity contribution in [2.24, 2.45) is 11.7 Å². The first kappa shape index (κ1) is 14.2. The van der Waals surface area contributed by atoms with E-state index in [1.165, 1.54) is 4.88 Å². The summed E-state index contributed by atoms with van der Waals surface area (Å²) < 4.78 is 0. The Balaban J connectivity index is 2.39. The van der Waals surface area contributed by atoms with E-state index in [4.69, 9.17) is 5.73 Å². The monoisotopic (exact) mass is 254 g/mol. The van der Waals surface area contributed by atoms with Gasteiger partial charge in [0.15, 0.2) is 0 Å². The SMILES string of the molecule is CCCC(CN)C(=O)NC(C)Cc1cccs1. The van der Waals surface area contributed by atoms with E-state index in [1.807, 2.05) is 13.0 Å². The molecule has 0 saturated carbocycles. The highest BCUT2D eigenvalue weighted by Crippen LogP contribution is 2.12. The second-order valence-electron chi connectivity index (χ2n) is 4.41. The first-order chi connectivity index (χ1) is 8.17. The molecule has 0 bridgehead atoms. The molecule has 0 fully saturated rings. The summed E-state index contributed by atoms with van der Waals surface area (Å²) >= 11 is 1.73.